The van der Waals surface area contributed by atoms with Gasteiger partial charge in [0.1, 0.15) is 0 Å². The summed E-state index contributed by atoms with van der Waals surface area (Å²) >= 11 is 0. The Bertz CT molecular complexity index is 117. The summed E-state index contributed by atoms with van der Waals surface area (Å²) in [6.45, 7) is 5.66. The minimum Gasteiger partial charge on any atom is -0.377 e. The fourth-order valence-corrected chi connectivity index (χ4v) is 2.49. The number of hydrogen-bond acceptors (Lipinski definition) is 1. The quantitative estimate of drug-likeness (QED) is 0.500. The monoisotopic (exact) mass is 140 g/mol. The lowest BCUT2D eigenvalue weighted by Gasteiger charge is -2.13. The minimum absolute atomic E-state index is 0.620. The molecule has 0 aromatic carbocycles. The summed E-state index contributed by atoms with van der Waals surface area (Å²) in [7, 11) is 0. The second kappa shape index (κ2) is 2.23. The number of rotatable bonds is 0. The molecule has 0 spiro atoms. The zero-order chi connectivity index (χ0) is 7.14. The van der Waals surface area contributed by atoms with Gasteiger partial charge in [0.25, 0.3) is 0 Å². The van der Waals surface area contributed by atoms with Crippen LogP contribution in [-0.2, 0) is 4.74 Å². The van der Waals surface area contributed by atoms with Gasteiger partial charge in [0.05, 0.1) is 6.10 Å². The Morgan fingerprint density at radius 3 is 2.60 bits per heavy atom. The molecule has 2 aliphatic rings. The second-order valence-electron chi connectivity index (χ2n) is 3.99. The van der Waals surface area contributed by atoms with E-state index in [9.17, 15) is 0 Å². The van der Waals surface area contributed by atoms with Crippen LogP contribution in [0.3, 0.4) is 0 Å². The zero-order valence-electron chi connectivity index (χ0n) is 6.84. The van der Waals surface area contributed by atoms with Crippen LogP contribution in [0.25, 0.3) is 0 Å². The van der Waals surface area contributed by atoms with Gasteiger partial charge in [-0.2, -0.15) is 0 Å². The maximum absolute atomic E-state index is 5.70. The van der Waals surface area contributed by atoms with Crippen LogP contribution >= 0.6 is 0 Å². The predicted octanol–water partition coefficient (Wildman–Crippen LogP) is 2.07. The van der Waals surface area contributed by atoms with E-state index < -0.39 is 0 Å². The molecule has 58 valence electrons. The van der Waals surface area contributed by atoms with Crippen LogP contribution in [0.15, 0.2) is 0 Å². The first-order valence-electron chi connectivity index (χ1n) is 4.40. The lowest BCUT2D eigenvalue weighted by Crippen LogP contribution is -2.16. The van der Waals surface area contributed by atoms with Crippen molar-refractivity contribution in [2.45, 2.75) is 32.8 Å². The fourth-order valence-electron chi connectivity index (χ4n) is 2.49. The molecule has 4 unspecified atom stereocenters. The maximum Gasteiger partial charge on any atom is 0.0632 e. The molecule has 1 saturated heterocycles. The highest BCUT2D eigenvalue weighted by Gasteiger charge is 2.41. The first kappa shape index (κ1) is 6.66. The molecule has 10 heavy (non-hydrogen) atoms. The van der Waals surface area contributed by atoms with Gasteiger partial charge in [-0.3, -0.25) is 0 Å². The Kier molecular flexibility index (Phi) is 1.48. The van der Waals surface area contributed by atoms with E-state index in [1.807, 2.05) is 0 Å². The van der Waals surface area contributed by atoms with Gasteiger partial charge in [-0.15, -0.1) is 0 Å². The highest BCUT2D eigenvalue weighted by molar-refractivity contribution is 4.90. The Morgan fingerprint density at radius 2 is 1.90 bits per heavy atom. The molecule has 2 fully saturated rings. The van der Waals surface area contributed by atoms with Gasteiger partial charge in [0.15, 0.2) is 0 Å². The Labute approximate surface area is 62.8 Å². The molecule has 1 heterocycles. The third kappa shape index (κ3) is 0.800. The number of hydrogen-bond donors (Lipinski definition) is 0. The second-order valence-corrected chi connectivity index (χ2v) is 3.99. The van der Waals surface area contributed by atoms with Crippen molar-refractivity contribution in [3.05, 3.63) is 0 Å². The van der Waals surface area contributed by atoms with Crippen LogP contribution in [0.1, 0.15) is 26.7 Å². The zero-order valence-corrected chi connectivity index (χ0v) is 6.84. The Hall–Kier alpha value is -0.0400. The standard InChI is InChI=1S/C9H16O/c1-6-3-4-8-7(2)5-10-9(6)8/h6-9H,3-5H2,1-2H3. The van der Waals surface area contributed by atoms with Crippen molar-refractivity contribution in [1.29, 1.82) is 0 Å². The van der Waals surface area contributed by atoms with Crippen molar-refractivity contribution in [1.82, 2.24) is 0 Å². The van der Waals surface area contributed by atoms with E-state index in [0.29, 0.717) is 6.10 Å². The van der Waals surface area contributed by atoms with Gasteiger partial charge < -0.3 is 4.74 Å². The van der Waals surface area contributed by atoms with Crippen molar-refractivity contribution in [3.8, 4) is 0 Å². The van der Waals surface area contributed by atoms with E-state index in [-0.39, 0.29) is 0 Å². The van der Waals surface area contributed by atoms with E-state index in [4.69, 9.17) is 4.74 Å². The predicted molar refractivity (Wildman–Crippen MR) is 40.8 cm³/mol. The SMILES string of the molecule is CC1COC2C(C)CCC12. The average molecular weight is 140 g/mol. The highest BCUT2D eigenvalue weighted by Crippen LogP contribution is 2.42. The largest absolute Gasteiger partial charge is 0.377 e. The van der Waals surface area contributed by atoms with E-state index >= 15 is 0 Å². The molecule has 1 aliphatic heterocycles. The van der Waals surface area contributed by atoms with E-state index in [0.717, 1.165) is 24.4 Å². The summed E-state index contributed by atoms with van der Waals surface area (Å²) < 4.78 is 5.70. The van der Waals surface area contributed by atoms with Crippen LogP contribution in [-0.4, -0.2) is 12.7 Å². The molecule has 0 aromatic heterocycles. The van der Waals surface area contributed by atoms with Crippen molar-refractivity contribution in [2.24, 2.45) is 17.8 Å². The van der Waals surface area contributed by atoms with Crippen LogP contribution < -0.4 is 0 Å². The molecule has 0 bridgehead atoms. The van der Waals surface area contributed by atoms with Gasteiger partial charge in [-0.1, -0.05) is 13.8 Å². The lowest BCUT2D eigenvalue weighted by atomic mass is 9.93. The summed E-state index contributed by atoms with van der Waals surface area (Å²) in [5.41, 5.74) is 0. The van der Waals surface area contributed by atoms with Crippen molar-refractivity contribution >= 4 is 0 Å². The maximum atomic E-state index is 5.70. The molecule has 4 atom stereocenters. The van der Waals surface area contributed by atoms with Crippen molar-refractivity contribution < 1.29 is 4.74 Å². The Balaban J connectivity index is 2.09. The molecule has 0 N–H and O–H groups in total. The van der Waals surface area contributed by atoms with Crippen molar-refractivity contribution in [2.75, 3.05) is 6.61 Å². The van der Waals surface area contributed by atoms with Gasteiger partial charge in [0.2, 0.25) is 0 Å². The summed E-state index contributed by atoms with van der Waals surface area (Å²) in [6, 6.07) is 0. The summed E-state index contributed by atoms with van der Waals surface area (Å²) in [5.74, 6) is 2.56. The van der Waals surface area contributed by atoms with E-state index in [1.54, 1.807) is 0 Å². The van der Waals surface area contributed by atoms with Crippen LogP contribution in [0, 0.1) is 17.8 Å². The molecule has 0 radical (unpaired) electrons. The highest BCUT2D eigenvalue weighted by atomic mass is 16.5. The van der Waals surface area contributed by atoms with Gasteiger partial charge >= 0.3 is 0 Å². The molecule has 1 saturated carbocycles. The minimum atomic E-state index is 0.620. The molecular weight excluding hydrogens is 124 g/mol. The van der Waals surface area contributed by atoms with Crippen molar-refractivity contribution in [3.63, 3.8) is 0 Å². The lowest BCUT2D eigenvalue weighted by molar-refractivity contribution is 0.0708. The van der Waals surface area contributed by atoms with Crippen LogP contribution in [0.5, 0.6) is 0 Å². The molecule has 0 aromatic rings. The summed E-state index contributed by atoms with van der Waals surface area (Å²) in [6.07, 6.45) is 3.42. The molecular formula is C9H16O. The first-order valence-corrected chi connectivity index (χ1v) is 4.40. The third-order valence-corrected chi connectivity index (χ3v) is 3.22. The summed E-state index contributed by atoms with van der Waals surface area (Å²) in [4.78, 5) is 0. The molecule has 0 amide bonds. The van der Waals surface area contributed by atoms with E-state index in [1.165, 1.54) is 12.8 Å². The Morgan fingerprint density at radius 1 is 1.10 bits per heavy atom. The number of ether oxygens (including phenoxy) is 1. The number of fused-ring (bicyclic) bond motifs is 1. The average Bonchev–Trinajstić information content (AvgIpc) is 2.41. The molecule has 2 rings (SSSR count). The molecule has 1 nitrogen and oxygen atoms in total. The van der Waals surface area contributed by atoms with Gasteiger partial charge in [-0.05, 0) is 30.6 Å². The van der Waals surface area contributed by atoms with Crippen LogP contribution in [0.2, 0.25) is 0 Å². The molecule has 1 aliphatic carbocycles. The molecule has 1 heteroatoms. The normalized spacial score (nSPS) is 53.4. The fraction of sp³-hybridized carbons (Fsp3) is 1.00. The van der Waals surface area contributed by atoms with Gasteiger partial charge in [0, 0.05) is 6.61 Å². The smallest absolute Gasteiger partial charge is 0.0632 e. The topological polar surface area (TPSA) is 9.23 Å². The summed E-state index contributed by atoms with van der Waals surface area (Å²) in [5, 5.41) is 0. The first-order chi connectivity index (χ1) is 4.79. The van der Waals surface area contributed by atoms with E-state index in [2.05, 4.69) is 13.8 Å². The third-order valence-electron chi connectivity index (χ3n) is 3.22. The van der Waals surface area contributed by atoms with Gasteiger partial charge in [-0.25, -0.2) is 0 Å². The van der Waals surface area contributed by atoms with Crippen LogP contribution in [0.4, 0.5) is 0 Å².